The minimum Gasteiger partial charge on any atom is -0.497 e. The number of hydrogen-bond acceptors (Lipinski definition) is 5. The molecule has 0 unspecified atom stereocenters. The summed E-state index contributed by atoms with van der Waals surface area (Å²) in [6, 6.07) is 14.6. The van der Waals surface area contributed by atoms with E-state index in [0.29, 0.717) is 18.0 Å². The minimum absolute atomic E-state index is 0.0250. The summed E-state index contributed by atoms with van der Waals surface area (Å²) in [7, 11) is 3.37. The number of aliphatic carboxylic acids is 1. The van der Waals surface area contributed by atoms with Crippen molar-refractivity contribution in [1.29, 1.82) is 0 Å². The van der Waals surface area contributed by atoms with Crippen molar-refractivity contribution >= 4 is 23.6 Å². The van der Waals surface area contributed by atoms with Crippen LogP contribution in [0.5, 0.6) is 11.5 Å². The summed E-state index contributed by atoms with van der Waals surface area (Å²) in [5.74, 6) is 0.627. The normalized spacial score (nSPS) is 10.2. The van der Waals surface area contributed by atoms with Crippen molar-refractivity contribution in [2.75, 3.05) is 26.5 Å². The van der Waals surface area contributed by atoms with E-state index in [4.69, 9.17) is 14.6 Å². The molecule has 138 valence electrons. The second kappa shape index (κ2) is 9.72. The Balaban J connectivity index is 1.81. The van der Waals surface area contributed by atoms with Crippen LogP contribution in [-0.2, 0) is 16.1 Å². The summed E-state index contributed by atoms with van der Waals surface area (Å²) in [5.41, 5.74) is 0.943. The van der Waals surface area contributed by atoms with Crippen LogP contribution in [0.25, 0.3) is 0 Å². The lowest BCUT2D eigenvalue weighted by Gasteiger charge is -2.17. The molecule has 2 rings (SSSR count). The number of thioether (sulfide) groups is 1. The summed E-state index contributed by atoms with van der Waals surface area (Å²) >= 11 is 1.48. The maximum atomic E-state index is 12.3. The maximum absolute atomic E-state index is 12.3. The van der Waals surface area contributed by atoms with Gasteiger partial charge in [-0.05, 0) is 42.0 Å². The zero-order chi connectivity index (χ0) is 18.9. The van der Waals surface area contributed by atoms with Gasteiger partial charge in [0.25, 0.3) is 0 Å². The fourth-order valence-corrected chi connectivity index (χ4v) is 2.96. The number of ether oxygens (including phenoxy) is 2. The van der Waals surface area contributed by atoms with E-state index < -0.39 is 5.97 Å². The molecule has 0 aliphatic heterocycles. The van der Waals surface area contributed by atoms with Crippen LogP contribution in [0.15, 0.2) is 53.4 Å². The molecular weight excluding hydrogens is 354 g/mol. The number of carboxylic acid groups (broad SMARTS) is 1. The number of carboxylic acids is 1. The highest BCUT2D eigenvalue weighted by molar-refractivity contribution is 8.00. The van der Waals surface area contributed by atoms with Gasteiger partial charge in [0.15, 0.2) is 6.61 Å². The van der Waals surface area contributed by atoms with Gasteiger partial charge < -0.3 is 19.5 Å². The summed E-state index contributed by atoms with van der Waals surface area (Å²) in [6.45, 7) is 0.0987. The minimum atomic E-state index is -1.02. The van der Waals surface area contributed by atoms with Crippen molar-refractivity contribution in [2.24, 2.45) is 0 Å². The van der Waals surface area contributed by atoms with Gasteiger partial charge in [-0.1, -0.05) is 12.1 Å². The van der Waals surface area contributed by atoms with Crippen LogP contribution >= 0.6 is 11.8 Å². The molecule has 0 spiro atoms. The predicted molar refractivity (Wildman–Crippen MR) is 99.8 cm³/mol. The Morgan fingerprint density at radius 2 is 1.65 bits per heavy atom. The molecule has 0 aromatic heterocycles. The molecule has 1 amide bonds. The van der Waals surface area contributed by atoms with E-state index in [9.17, 15) is 9.59 Å². The molecule has 0 atom stereocenters. The molecule has 0 saturated heterocycles. The largest absolute Gasteiger partial charge is 0.497 e. The molecule has 7 heteroatoms. The highest BCUT2D eigenvalue weighted by atomic mass is 32.2. The first-order chi connectivity index (χ1) is 12.5. The van der Waals surface area contributed by atoms with Crippen molar-refractivity contribution in [3.63, 3.8) is 0 Å². The van der Waals surface area contributed by atoms with Crippen LogP contribution in [0.3, 0.4) is 0 Å². The van der Waals surface area contributed by atoms with Crippen molar-refractivity contribution in [2.45, 2.75) is 11.4 Å². The Kier molecular flexibility index (Phi) is 7.35. The number of benzene rings is 2. The Labute approximate surface area is 156 Å². The van der Waals surface area contributed by atoms with E-state index in [0.717, 1.165) is 16.2 Å². The monoisotopic (exact) mass is 375 g/mol. The summed E-state index contributed by atoms with van der Waals surface area (Å²) in [6.07, 6.45) is 0. The zero-order valence-corrected chi connectivity index (χ0v) is 15.5. The Morgan fingerprint density at radius 3 is 2.23 bits per heavy atom. The topological polar surface area (TPSA) is 76.1 Å². The van der Waals surface area contributed by atoms with Crippen molar-refractivity contribution in [1.82, 2.24) is 4.90 Å². The Morgan fingerprint density at radius 1 is 1.04 bits per heavy atom. The molecule has 0 saturated carbocycles. The van der Waals surface area contributed by atoms with Gasteiger partial charge in [-0.15, -0.1) is 11.8 Å². The summed E-state index contributed by atoms with van der Waals surface area (Å²) in [5, 5.41) is 8.59. The first kappa shape index (κ1) is 19.7. The molecular formula is C19H21NO5S. The fourth-order valence-electron chi connectivity index (χ4n) is 2.13. The molecule has 2 aromatic rings. The molecule has 6 nitrogen and oxygen atoms in total. The molecule has 0 aliphatic carbocycles. The van der Waals surface area contributed by atoms with E-state index in [-0.39, 0.29) is 12.5 Å². The third kappa shape index (κ3) is 6.33. The lowest BCUT2D eigenvalue weighted by molar-refractivity contribution is -0.139. The van der Waals surface area contributed by atoms with E-state index in [1.807, 2.05) is 36.4 Å². The highest BCUT2D eigenvalue weighted by Gasteiger charge is 2.10. The average molecular weight is 375 g/mol. The zero-order valence-electron chi connectivity index (χ0n) is 14.7. The number of carbonyl (C=O) groups excluding carboxylic acids is 1. The molecule has 0 fully saturated rings. The second-order valence-corrected chi connectivity index (χ2v) is 6.59. The van der Waals surface area contributed by atoms with Gasteiger partial charge in [-0.2, -0.15) is 0 Å². The van der Waals surface area contributed by atoms with Crippen LogP contribution in [0.1, 0.15) is 5.56 Å². The van der Waals surface area contributed by atoms with Gasteiger partial charge >= 0.3 is 5.97 Å². The first-order valence-corrected chi connectivity index (χ1v) is 8.91. The van der Waals surface area contributed by atoms with Gasteiger partial charge in [-0.25, -0.2) is 4.79 Å². The third-order valence-corrected chi connectivity index (χ3v) is 4.55. The third-order valence-electron chi connectivity index (χ3n) is 3.55. The smallest absolute Gasteiger partial charge is 0.341 e. The van der Waals surface area contributed by atoms with Gasteiger partial charge in [0.05, 0.1) is 12.9 Å². The van der Waals surface area contributed by atoms with Crippen LogP contribution in [-0.4, -0.2) is 48.4 Å². The Hall–Kier alpha value is -2.67. The second-order valence-electron chi connectivity index (χ2n) is 5.54. The number of nitrogens with zero attached hydrogens (tertiary/aromatic N) is 1. The SMILES string of the molecule is COc1ccc(SCC(=O)N(C)Cc2ccc(OCC(=O)O)cc2)cc1. The van der Waals surface area contributed by atoms with Crippen LogP contribution < -0.4 is 9.47 Å². The number of rotatable bonds is 9. The van der Waals surface area contributed by atoms with Crippen molar-refractivity contribution < 1.29 is 24.2 Å². The van der Waals surface area contributed by atoms with Crippen LogP contribution in [0, 0.1) is 0 Å². The van der Waals surface area contributed by atoms with Gasteiger partial charge in [0.1, 0.15) is 11.5 Å². The van der Waals surface area contributed by atoms with Gasteiger partial charge in [0, 0.05) is 18.5 Å². The lowest BCUT2D eigenvalue weighted by Crippen LogP contribution is -2.27. The van der Waals surface area contributed by atoms with E-state index >= 15 is 0 Å². The standard InChI is InChI=1S/C19H21NO5S/c1-20(11-14-3-5-16(6-4-14)25-12-19(22)23)18(21)13-26-17-9-7-15(24-2)8-10-17/h3-10H,11-13H2,1-2H3,(H,22,23). The molecule has 2 aromatic carbocycles. The van der Waals surface area contributed by atoms with E-state index in [1.165, 1.54) is 11.8 Å². The lowest BCUT2D eigenvalue weighted by atomic mass is 10.2. The molecule has 0 heterocycles. The molecule has 0 radical (unpaired) electrons. The van der Waals surface area contributed by atoms with E-state index in [2.05, 4.69) is 0 Å². The maximum Gasteiger partial charge on any atom is 0.341 e. The fraction of sp³-hybridized carbons (Fsp3) is 0.263. The molecule has 0 bridgehead atoms. The van der Waals surface area contributed by atoms with Crippen LogP contribution in [0.2, 0.25) is 0 Å². The molecule has 1 N–H and O–H groups in total. The van der Waals surface area contributed by atoms with Crippen LogP contribution in [0.4, 0.5) is 0 Å². The van der Waals surface area contributed by atoms with Crippen molar-refractivity contribution in [3.05, 3.63) is 54.1 Å². The summed E-state index contributed by atoms with van der Waals surface area (Å²) in [4.78, 5) is 25.4. The quantitative estimate of drug-likeness (QED) is 0.679. The molecule has 0 aliphatic rings. The number of hydrogen-bond donors (Lipinski definition) is 1. The number of carbonyl (C=O) groups is 2. The highest BCUT2D eigenvalue weighted by Crippen LogP contribution is 2.22. The van der Waals surface area contributed by atoms with Gasteiger partial charge in [-0.3, -0.25) is 4.79 Å². The predicted octanol–water partition coefficient (Wildman–Crippen LogP) is 2.91. The summed E-state index contributed by atoms with van der Waals surface area (Å²) < 4.78 is 10.2. The number of amides is 1. The van der Waals surface area contributed by atoms with Gasteiger partial charge in [0.2, 0.25) is 5.91 Å². The van der Waals surface area contributed by atoms with Crippen molar-refractivity contribution in [3.8, 4) is 11.5 Å². The van der Waals surface area contributed by atoms with E-state index in [1.54, 1.807) is 31.2 Å². The Bertz CT molecular complexity index is 731. The average Bonchev–Trinajstić information content (AvgIpc) is 2.65. The molecule has 26 heavy (non-hydrogen) atoms. The first-order valence-electron chi connectivity index (χ1n) is 7.92. The number of methoxy groups -OCH3 is 1.